The van der Waals surface area contributed by atoms with Crippen LogP contribution in [0.4, 0.5) is 4.79 Å². The van der Waals surface area contributed by atoms with E-state index in [1.807, 2.05) is 0 Å². The minimum Gasteiger partial charge on any atom is -0.465 e. The van der Waals surface area contributed by atoms with E-state index in [1.54, 1.807) is 19.9 Å². The molecule has 0 aliphatic carbocycles. The van der Waals surface area contributed by atoms with E-state index in [1.165, 1.54) is 12.4 Å². The van der Waals surface area contributed by atoms with Gasteiger partial charge >= 0.3 is 6.09 Å². The summed E-state index contributed by atoms with van der Waals surface area (Å²) in [5, 5.41) is 12.4. The Morgan fingerprint density at radius 1 is 1.47 bits per heavy atom. The van der Waals surface area contributed by atoms with Crippen LogP contribution < -0.4 is 10.9 Å². The van der Waals surface area contributed by atoms with E-state index in [0.717, 1.165) is 0 Å². The normalized spacial score (nSPS) is 11.5. The fourth-order valence-electron chi connectivity index (χ4n) is 1.98. The molecule has 0 saturated heterocycles. The number of halogens is 1. The number of H-pyrrole nitrogens is 1. The number of amides is 1. The molecule has 0 spiro atoms. The van der Waals surface area contributed by atoms with E-state index in [4.69, 9.17) is 16.7 Å². The summed E-state index contributed by atoms with van der Waals surface area (Å²) in [5.41, 5.74) is -0.554. The Morgan fingerprint density at radius 2 is 2.16 bits per heavy atom. The summed E-state index contributed by atoms with van der Waals surface area (Å²) in [6.45, 7) is 3.39. The lowest BCUT2D eigenvalue weighted by atomic mass is 9.92. The van der Waals surface area contributed by atoms with E-state index in [2.05, 4.69) is 15.3 Å². The molecule has 2 aromatic heterocycles. The van der Waals surface area contributed by atoms with E-state index < -0.39 is 11.6 Å². The van der Waals surface area contributed by atoms with Gasteiger partial charge in [-0.15, -0.1) is 0 Å². The van der Waals surface area contributed by atoms with Crippen molar-refractivity contribution < 1.29 is 9.90 Å². The third-order valence-electron chi connectivity index (χ3n) is 2.85. The van der Waals surface area contributed by atoms with E-state index in [0.29, 0.717) is 16.3 Å². The fourth-order valence-corrected chi connectivity index (χ4v) is 2.14. The molecule has 0 aliphatic heterocycles. The Morgan fingerprint density at radius 3 is 2.79 bits per heavy atom. The number of pyridine rings is 2. The summed E-state index contributed by atoms with van der Waals surface area (Å²) in [4.78, 5) is 29.0. The summed E-state index contributed by atoms with van der Waals surface area (Å²) < 4.78 is 0. The number of aromatic amines is 1. The predicted molar refractivity (Wildman–Crippen MR) is 71.6 cm³/mol. The summed E-state index contributed by atoms with van der Waals surface area (Å²) in [5.74, 6) is 0. The predicted octanol–water partition coefficient (Wildman–Crippen LogP) is 2.08. The second-order valence-corrected chi connectivity index (χ2v) is 5.03. The first kappa shape index (κ1) is 13.4. The second-order valence-electron chi connectivity index (χ2n) is 4.64. The second kappa shape index (κ2) is 4.55. The molecule has 0 fully saturated rings. The van der Waals surface area contributed by atoms with Crippen molar-refractivity contribution >= 4 is 28.5 Å². The van der Waals surface area contributed by atoms with Crippen LogP contribution in [0.1, 0.15) is 19.4 Å². The molecule has 6 nitrogen and oxygen atoms in total. The lowest BCUT2D eigenvalue weighted by molar-refractivity contribution is 0.182. The molecule has 0 bridgehead atoms. The highest BCUT2D eigenvalue weighted by Crippen LogP contribution is 2.27. The standard InChI is InChI=1S/C12H12ClN3O3/c1-12(2,16-11(18)19)8-5-15-10(17)7-4-14-9(13)3-6(7)8/h3-5,16H,1-2H3,(H,15,17)(H,18,19). The quantitative estimate of drug-likeness (QED) is 0.735. The van der Waals surface area contributed by atoms with Crippen LogP contribution in [0.2, 0.25) is 5.15 Å². The third kappa shape index (κ3) is 2.53. The lowest BCUT2D eigenvalue weighted by Gasteiger charge is -2.26. The van der Waals surface area contributed by atoms with Crippen LogP contribution in [-0.4, -0.2) is 21.2 Å². The van der Waals surface area contributed by atoms with Crippen molar-refractivity contribution in [2.75, 3.05) is 0 Å². The number of carboxylic acid groups (broad SMARTS) is 1. The van der Waals surface area contributed by atoms with Gasteiger partial charge in [-0.25, -0.2) is 9.78 Å². The van der Waals surface area contributed by atoms with Crippen LogP contribution >= 0.6 is 11.6 Å². The topological polar surface area (TPSA) is 95.1 Å². The van der Waals surface area contributed by atoms with Gasteiger partial charge in [0.15, 0.2) is 0 Å². The monoisotopic (exact) mass is 281 g/mol. The van der Waals surface area contributed by atoms with E-state index in [-0.39, 0.29) is 10.7 Å². The number of nitrogens with one attached hydrogen (secondary N) is 2. The van der Waals surface area contributed by atoms with Crippen LogP contribution in [-0.2, 0) is 5.54 Å². The number of carbonyl (C=O) groups is 1. The van der Waals surface area contributed by atoms with Gasteiger partial charge in [0.2, 0.25) is 0 Å². The molecular formula is C12H12ClN3O3. The van der Waals surface area contributed by atoms with Crippen LogP contribution in [0.15, 0.2) is 23.3 Å². The smallest absolute Gasteiger partial charge is 0.405 e. The van der Waals surface area contributed by atoms with Gasteiger partial charge in [0.1, 0.15) is 5.15 Å². The zero-order chi connectivity index (χ0) is 14.2. The number of hydrogen-bond donors (Lipinski definition) is 3. The average Bonchev–Trinajstić information content (AvgIpc) is 2.26. The number of nitrogens with zero attached hydrogens (tertiary/aromatic N) is 1. The van der Waals surface area contributed by atoms with Crippen molar-refractivity contribution in [2.24, 2.45) is 0 Å². The molecule has 0 aliphatic rings. The summed E-state index contributed by atoms with van der Waals surface area (Å²) >= 11 is 5.84. The maximum absolute atomic E-state index is 11.7. The molecular weight excluding hydrogens is 270 g/mol. The number of fused-ring (bicyclic) bond motifs is 1. The van der Waals surface area contributed by atoms with Gasteiger partial charge in [0, 0.05) is 18.0 Å². The van der Waals surface area contributed by atoms with Gasteiger partial charge in [-0.05, 0) is 25.3 Å². The highest BCUT2D eigenvalue weighted by molar-refractivity contribution is 6.30. The van der Waals surface area contributed by atoms with Gasteiger partial charge in [0.25, 0.3) is 5.56 Å². The van der Waals surface area contributed by atoms with Crippen molar-refractivity contribution in [3.05, 3.63) is 39.5 Å². The molecule has 0 radical (unpaired) electrons. The molecule has 7 heteroatoms. The molecule has 2 heterocycles. The van der Waals surface area contributed by atoms with Gasteiger partial charge in [-0.2, -0.15) is 0 Å². The number of aromatic nitrogens is 2. The Balaban J connectivity index is 2.74. The molecule has 0 unspecified atom stereocenters. The van der Waals surface area contributed by atoms with Crippen molar-refractivity contribution in [1.29, 1.82) is 0 Å². The Kier molecular flexibility index (Phi) is 3.20. The Hall–Kier alpha value is -2.08. The largest absolute Gasteiger partial charge is 0.465 e. The fraction of sp³-hybridized carbons (Fsp3) is 0.250. The molecule has 3 N–H and O–H groups in total. The first-order valence-corrected chi connectivity index (χ1v) is 5.87. The van der Waals surface area contributed by atoms with E-state index in [9.17, 15) is 9.59 Å². The van der Waals surface area contributed by atoms with Gasteiger partial charge in [-0.1, -0.05) is 11.6 Å². The maximum Gasteiger partial charge on any atom is 0.405 e. The molecule has 19 heavy (non-hydrogen) atoms. The zero-order valence-corrected chi connectivity index (χ0v) is 11.1. The third-order valence-corrected chi connectivity index (χ3v) is 3.05. The molecule has 0 saturated carbocycles. The Labute approximate surface area is 113 Å². The van der Waals surface area contributed by atoms with Gasteiger partial charge < -0.3 is 15.4 Å². The Bertz CT molecular complexity index is 709. The van der Waals surface area contributed by atoms with Crippen molar-refractivity contribution in [3.63, 3.8) is 0 Å². The molecule has 0 aromatic carbocycles. The minimum absolute atomic E-state index is 0.241. The molecule has 100 valence electrons. The van der Waals surface area contributed by atoms with Gasteiger partial charge in [0.05, 0.1) is 10.9 Å². The van der Waals surface area contributed by atoms with Crippen molar-refractivity contribution in [2.45, 2.75) is 19.4 Å². The highest BCUT2D eigenvalue weighted by atomic mass is 35.5. The minimum atomic E-state index is -1.15. The first-order valence-electron chi connectivity index (χ1n) is 5.50. The van der Waals surface area contributed by atoms with Crippen LogP contribution in [0.5, 0.6) is 0 Å². The van der Waals surface area contributed by atoms with E-state index >= 15 is 0 Å². The molecule has 2 aromatic rings. The summed E-state index contributed by atoms with van der Waals surface area (Å²) in [6.07, 6.45) is 1.71. The van der Waals surface area contributed by atoms with Crippen LogP contribution in [0.3, 0.4) is 0 Å². The number of hydrogen-bond acceptors (Lipinski definition) is 3. The highest BCUT2D eigenvalue weighted by Gasteiger charge is 2.25. The summed E-state index contributed by atoms with van der Waals surface area (Å²) in [7, 11) is 0. The zero-order valence-electron chi connectivity index (χ0n) is 10.3. The molecule has 0 atom stereocenters. The number of rotatable bonds is 2. The SMILES string of the molecule is CC(C)(NC(=O)O)c1c[nH]c(=O)c2cnc(Cl)cc12. The maximum atomic E-state index is 11.7. The van der Waals surface area contributed by atoms with Crippen molar-refractivity contribution in [1.82, 2.24) is 15.3 Å². The van der Waals surface area contributed by atoms with Gasteiger partial charge in [-0.3, -0.25) is 4.79 Å². The lowest BCUT2D eigenvalue weighted by Crippen LogP contribution is -2.40. The van der Waals surface area contributed by atoms with Crippen molar-refractivity contribution in [3.8, 4) is 0 Å². The molecule has 2 rings (SSSR count). The molecule has 1 amide bonds. The average molecular weight is 282 g/mol. The van der Waals surface area contributed by atoms with Crippen LogP contribution in [0, 0.1) is 0 Å². The first-order chi connectivity index (χ1) is 8.81. The summed E-state index contributed by atoms with van der Waals surface area (Å²) in [6, 6.07) is 1.55. The van der Waals surface area contributed by atoms with Crippen LogP contribution in [0.25, 0.3) is 10.8 Å².